The molecule has 1 aromatic rings. The van der Waals surface area contributed by atoms with Gasteiger partial charge in [0.25, 0.3) is 5.69 Å². The van der Waals surface area contributed by atoms with Gasteiger partial charge in [-0.15, -0.1) is 0 Å². The second kappa shape index (κ2) is 3.04. The van der Waals surface area contributed by atoms with Crippen molar-refractivity contribution in [1.29, 1.82) is 0 Å². The van der Waals surface area contributed by atoms with Gasteiger partial charge in [0, 0.05) is 6.07 Å². The highest BCUT2D eigenvalue weighted by atomic mass is 16.6. The summed E-state index contributed by atoms with van der Waals surface area (Å²) in [5.41, 5.74) is 0.395. The number of non-ortho nitro benzene ring substituents is 1. The molecule has 4 nitrogen and oxygen atoms in total. The number of rotatable bonds is 2. The molecular weight excluding hydrogens is 158 g/mol. The molecule has 0 bridgehead atoms. The molecule has 0 atom stereocenters. The summed E-state index contributed by atoms with van der Waals surface area (Å²) in [6.45, 7) is 3.44. The molecule has 12 heavy (non-hydrogen) atoms. The molecule has 0 heterocycles. The topological polar surface area (TPSA) is 63.4 Å². The quantitative estimate of drug-likeness (QED) is 0.538. The Bertz CT molecular complexity index is 333. The Balaban J connectivity index is 3.23. The molecule has 0 aromatic heterocycles. The highest BCUT2D eigenvalue weighted by Gasteiger charge is 2.06. The van der Waals surface area contributed by atoms with Crippen molar-refractivity contribution < 1.29 is 10.0 Å². The zero-order valence-corrected chi connectivity index (χ0v) is 6.23. The molecule has 0 unspecified atom stereocenters. The number of hydrogen-bond acceptors (Lipinski definition) is 3. The minimum absolute atomic E-state index is 0.126. The monoisotopic (exact) mass is 165 g/mol. The van der Waals surface area contributed by atoms with E-state index >= 15 is 0 Å². The van der Waals surface area contributed by atoms with E-state index in [0.29, 0.717) is 5.56 Å². The molecule has 0 aliphatic carbocycles. The molecule has 62 valence electrons. The number of hydrogen-bond donors (Lipinski definition) is 1. The molecule has 0 aliphatic rings. The molecule has 4 heteroatoms. The van der Waals surface area contributed by atoms with Crippen LogP contribution in [0.25, 0.3) is 6.08 Å². The van der Waals surface area contributed by atoms with Gasteiger partial charge in [-0.3, -0.25) is 10.1 Å². The van der Waals surface area contributed by atoms with Crippen LogP contribution >= 0.6 is 0 Å². The van der Waals surface area contributed by atoms with Crippen molar-refractivity contribution >= 4 is 11.8 Å². The highest BCUT2D eigenvalue weighted by molar-refractivity contribution is 5.55. The third-order valence-electron chi connectivity index (χ3n) is 1.37. The van der Waals surface area contributed by atoms with E-state index in [9.17, 15) is 10.1 Å². The van der Waals surface area contributed by atoms with Crippen molar-refractivity contribution in [3.8, 4) is 5.75 Å². The predicted octanol–water partition coefficient (Wildman–Crippen LogP) is 1.94. The van der Waals surface area contributed by atoms with Crippen molar-refractivity contribution in [3.05, 3.63) is 40.5 Å². The van der Waals surface area contributed by atoms with Crippen molar-refractivity contribution in [2.75, 3.05) is 0 Å². The molecule has 0 fully saturated rings. The fraction of sp³-hybridized carbons (Fsp3) is 0. The lowest BCUT2D eigenvalue weighted by molar-refractivity contribution is -0.384. The van der Waals surface area contributed by atoms with Gasteiger partial charge < -0.3 is 5.11 Å². The van der Waals surface area contributed by atoms with Crippen molar-refractivity contribution in [2.24, 2.45) is 0 Å². The molecule has 1 rings (SSSR count). The number of nitro groups is 1. The molecule has 0 aliphatic heterocycles. The van der Waals surface area contributed by atoms with Gasteiger partial charge in [0.05, 0.1) is 11.0 Å². The van der Waals surface area contributed by atoms with Gasteiger partial charge >= 0.3 is 0 Å². The summed E-state index contributed by atoms with van der Waals surface area (Å²) >= 11 is 0. The van der Waals surface area contributed by atoms with Gasteiger partial charge in [-0.05, 0) is 11.6 Å². The number of nitrogens with zero attached hydrogens (tertiary/aromatic N) is 1. The van der Waals surface area contributed by atoms with Crippen LogP contribution in [0.5, 0.6) is 5.75 Å². The van der Waals surface area contributed by atoms with Gasteiger partial charge in [0.2, 0.25) is 0 Å². The maximum Gasteiger partial charge on any atom is 0.273 e. The van der Waals surface area contributed by atoms with Crippen molar-refractivity contribution in [2.45, 2.75) is 0 Å². The molecule has 0 saturated heterocycles. The van der Waals surface area contributed by atoms with Crippen LogP contribution in [-0.4, -0.2) is 10.0 Å². The van der Waals surface area contributed by atoms with E-state index in [0.717, 1.165) is 6.07 Å². The first kappa shape index (κ1) is 8.26. The zero-order chi connectivity index (χ0) is 9.14. The lowest BCUT2D eigenvalue weighted by Crippen LogP contribution is -1.87. The van der Waals surface area contributed by atoms with Gasteiger partial charge in [-0.25, -0.2) is 0 Å². The maximum atomic E-state index is 10.3. The largest absolute Gasteiger partial charge is 0.508 e. The second-order valence-electron chi connectivity index (χ2n) is 2.24. The summed E-state index contributed by atoms with van der Waals surface area (Å²) in [5, 5.41) is 19.3. The van der Waals surface area contributed by atoms with Crippen LogP contribution in [0.15, 0.2) is 24.8 Å². The number of phenolic OH excluding ortho intramolecular Hbond substituents is 1. The Labute approximate surface area is 68.9 Å². The number of aromatic hydroxyl groups is 1. The van der Waals surface area contributed by atoms with E-state index in [4.69, 9.17) is 5.11 Å². The minimum Gasteiger partial charge on any atom is -0.508 e. The van der Waals surface area contributed by atoms with Gasteiger partial charge in [-0.1, -0.05) is 12.7 Å². The number of benzene rings is 1. The third kappa shape index (κ3) is 1.60. The van der Waals surface area contributed by atoms with Crippen LogP contribution in [0, 0.1) is 10.1 Å². The van der Waals surface area contributed by atoms with Gasteiger partial charge in [0.15, 0.2) is 0 Å². The Morgan fingerprint density at radius 1 is 1.50 bits per heavy atom. The second-order valence-corrected chi connectivity index (χ2v) is 2.24. The smallest absolute Gasteiger partial charge is 0.273 e. The fourth-order valence-corrected chi connectivity index (χ4v) is 0.841. The van der Waals surface area contributed by atoms with Crippen molar-refractivity contribution in [1.82, 2.24) is 0 Å². The number of nitro benzene ring substituents is 1. The maximum absolute atomic E-state index is 10.3. The lowest BCUT2D eigenvalue weighted by atomic mass is 10.2. The zero-order valence-electron chi connectivity index (χ0n) is 6.23. The molecular formula is C8H7NO3. The van der Waals surface area contributed by atoms with E-state index in [1.165, 1.54) is 18.2 Å². The predicted molar refractivity (Wildman–Crippen MR) is 44.9 cm³/mol. The highest BCUT2D eigenvalue weighted by Crippen LogP contribution is 2.21. The summed E-state index contributed by atoms with van der Waals surface area (Å²) in [6, 6.07) is 3.83. The van der Waals surface area contributed by atoms with Gasteiger partial charge in [0.1, 0.15) is 5.75 Å². The van der Waals surface area contributed by atoms with Crippen LogP contribution in [0.3, 0.4) is 0 Å². The summed E-state index contributed by atoms with van der Waals surface area (Å²) in [4.78, 5) is 9.72. The van der Waals surface area contributed by atoms with Crippen LogP contribution in [0.1, 0.15) is 5.56 Å². The minimum atomic E-state index is -0.563. The average Bonchev–Trinajstić information content (AvgIpc) is 2.03. The Morgan fingerprint density at radius 2 is 2.17 bits per heavy atom. The van der Waals surface area contributed by atoms with Crippen LogP contribution in [0.4, 0.5) is 5.69 Å². The van der Waals surface area contributed by atoms with Crippen LogP contribution in [-0.2, 0) is 0 Å². The summed E-state index contributed by atoms with van der Waals surface area (Å²) in [6.07, 6.45) is 1.44. The number of phenols is 1. The molecule has 1 N–H and O–H groups in total. The summed E-state index contributed by atoms with van der Waals surface area (Å²) in [7, 11) is 0. The fourth-order valence-electron chi connectivity index (χ4n) is 0.841. The first-order valence-corrected chi connectivity index (χ1v) is 3.24. The average molecular weight is 165 g/mol. The SMILES string of the molecule is C=Cc1cc(O)cc([N+](=O)[O-])c1. The standard InChI is InChI=1S/C8H7NO3/c1-2-6-3-7(9(11)12)5-8(10)4-6/h2-5,10H,1H2. The van der Waals surface area contributed by atoms with Crippen LogP contribution in [0.2, 0.25) is 0 Å². The normalized spacial score (nSPS) is 9.33. The molecule has 0 radical (unpaired) electrons. The Hall–Kier alpha value is -1.84. The van der Waals surface area contributed by atoms with E-state index in [1.807, 2.05) is 0 Å². The van der Waals surface area contributed by atoms with Gasteiger partial charge in [-0.2, -0.15) is 0 Å². The van der Waals surface area contributed by atoms with E-state index < -0.39 is 4.92 Å². The first-order chi connectivity index (χ1) is 5.63. The molecule has 0 spiro atoms. The van der Waals surface area contributed by atoms with Crippen LogP contribution < -0.4 is 0 Å². The lowest BCUT2D eigenvalue weighted by Gasteiger charge is -1.95. The van der Waals surface area contributed by atoms with E-state index in [1.54, 1.807) is 0 Å². The Kier molecular flexibility index (Phi) is 2.09. The molecule has 0 amide bonds. The molecule has 0 saturated carbocycles. The Morgan fingerprint density at radius 3 is 2.67 bits per heavy atom. The summed E-state index contributed by atoms with van der Waals surface area (Å²) in [5.74, 6) is -0.126. The third-order valence-corrected chi connectivity index (χ3v) is 1.37. The summed E-state index contributed by atoms with van der Waals surface area (Å²) < 4.78 is 0. The van der Waals surface area contributed by atoms with E-state index in [-0.39, 0.29) is 11.4 Å². The van der Waals surface area contributed by atoms with Crippen molar-refractivity contribution in [3.63, 3.8) is 0 Å². The first-order valence-electron chi connectivity index (χ1n) is 3.24. The van der Waals surface area contributed by atoms with E-state index in [2.05, 4.69) is 6.58 Å². The molecule has 1 aromatic carbocycles.